The molecule has 3 N–H and O–H groups in total. The van der Waals surface area contributed by atoms with Gasteiger partial charge in [0.25, 0.3) is 0 Å². The molecule has 2 aliphatic carbocycles. The van der Waals surface area contributed by atoms with E-state index in [0.29, 0.717) is 4.99 Å². The summed E-state index contributed by atoms with van der Waals surface area (Å²) in [5, 5.41) is 3.56. The molecule has 0 aromatic heterocycles. The zero-order chi connectivity index (χ0) is 13.4. The number of hydrogen-bond acceptors (Lipinski definition) is 2. The molecule has 0 saturated heterocycles. The van der Waals surface area contributed by atoms with E-state index in [0.717, 1.165) is 40.0 Å². The summed E-state index contributed by atoms with van der Waals surface area (Å²) in [7, 11) is 0. The molecule has 3 rings (SSSR count). The monoisotopic (exact) mass is 338 g/mol. The van der Waals surface area contributed by atoms with Crippen LogP contribution in [0.5, 0.6) is 0 Å². The molecule has 0 spiro atoms. The molecule has 102 valence electrons. The van der Waals surface area contributed by atoms with Gasteiger partial charge in [-0.05, 0) is 55.2 Å². The van der Waals surface area contributed by atoms with E-state index in [-0.39, 0.29) is 0 Å². The van der Waals surface area contributed by atoms with Crippen molar-refractivity contribution < 1.29 is 0 Å². The highest BCUT2D eigenvalue weighted by molar-refractivity contribution is 9.10. The molecule has 2 bridgehead atoms. The second-order valence-electron chi connectivity index (χ2n) is 5.87. The Kier molecular flexibility index (Phi) is 3.81. The third kappa shape index (κ3) is 2.79. The SMILES string of the molecule is NC(=S)c1ccc(Br)cc1NCC1CC2CCC1C2. The minimum Gasteiger partial charge on any atom is -0.389 e. The predicted molar refractivity (Wildman–Crippen MR) is 87.5 cm³/mol. The smallest absolute Gasteiger partial charge is 0.106 e. The van der Waals surface area contributed by atoms with Crippen LogP contribution in [0.25, 0.3) is 0 Å². The maximum absolute atomic E-state index is 5.79. The molecule has 2 fully saturated rings. The van der Waals surface area contributed by atoms with Gasteiger partial charge in [0.05, 0.1) is 0 Å². The van der Waals surface area contributed by atoms with Crippen molar-refractivity contribution in [3.8, 4) is 0 Å². The number of rotatable bonds is 4. The topological polar surface area (TPSA) is 38.0 Å². The first-order valence-corrected chi connectivity index (χ1v) is 8.17. The fourth-order valence-corrected chi connectivity index (χ4v) is 4.28. The van der Waals surface area contributed by atoms with E-state index in [2.05, 4.69) is 27.3 Å². The highest BCUT2D eigenvalue weighted by Gasteiger charge is 2.39. The first-order chi connectivity index (χ1) is 9.13. The zero-order valence-corrected chi connectivity index (χ0v) is 13.3. The van der Waals surface area contributed by atoms with Crippen LogP contribution in [-0.4, -0.2) is 11.5 Å². The van der Waals surface area contributed by atoms with E-state index >= 15 is 0 Å². The van der Waals surface area contributed by atoms with Gasteiger partial charge in [-0.15, -0.1) is 0 Å². The lowest BCUT2D eigenvalue weighted by molar-refractivity contribution is 0.348. The summed E-state index contributed by atoms with van der Waals surface area (Å²) in [5.41, 5.74) is 7.79. The van der Waals surface area contributed by atoms with Gasteiger partial charge in [0.15, 0.2) is 0 Å². The standard InChI is InChI=1S/C15H19BrN2S/c16-12-3-4-13(15(17)19)14(7-12)18-8-11-6-9-1-2-10(11)5-9/h3-4,7,9-11,18H,1-2,5-6,8H2,(H2,17,19). The van der Waals surface area contributed by atoms with Crippen molar-refractivity contribution in [1.82, 2.24) is 0 Å². The summed E-state index contributed by atoms with van der Waals surface area (Å²) in [6.45, 7) is 1.05. The van der Waals surface area contributed by atoms with Gasteiger partial charge >= 0.3 is 0 Å². The van der Waals surface area contributed by atoms with E-state index in [1.165, 1.54) is 25.7 Å². The third-order valence-electron chi connectivity index (χ3n) is 4.69. The minimum absolute atomic E-state index is 0.461. The number of anilines is 1. The maximum Gasteiger partial charge on any atom is 0.106 e. The highest BCUT2D eigenvalue weighted by atomic mass is 79.9. The van der Waals surface area contributed by atoms with E-state index in [4.69, 9.17) is 18.0 Å². The fraction of sp³-hybridized carbons (Fsp3) is 0.533. The molecule has 2 aliphatic rings. The van der Waals surface area contributed by atoms with Crippen LogP contribution in [0.3, 0.4) is 0 Å². The van der Waals surface area contributed by atoms with Gasteiger partial charge in [-0.1, -0.05) is 34.6 Å². The Labute approximate surface area is 128 Å². The molecular weight excluding hydrogens is 320 g/mol. The summed E-state index contributed by atoms with van der Waals surface area (Å²) in [5.74, 6) is 2.77. The number of hydrogen-bond donors (Lipinski definition) is 2. The van der Waals surface area contributed by atoms with E-state index in [9.17, 15) is 0 Å². The van der Waals surface area contributed by atoms with Gasteiger partial charge in [-0.25, -0.2) is 0 Å². The van der Waals surface area contributed by atoms with Crippen LogP contribution < -0.4 is 11.1 Å². The number of thiocarbonyl (C=S) groups is 1. The average Bonchev–Trinajstić information content (AvgIpc) is 2.98. The van der Waals surface area contributed by atoms with Crippen LogP contribution in [0.15, 0.2) is 22.7 Å². The van der Waals surface area contributed by atoms with Gasteiger partial charge in [-0.2, -0.15) is 0 Å². The van der Waals surface area contributed by atoms with Crippen LogP contribution in [0.4, 0.5) is 5.69 Å². The second-order valence-corrected chi connectivity index (χ2v) is 7.23. The Morgan fingerprint density at radius 3 is 2.84 bits per heavy atom. The Morgan fingerprint density at radius 2 is 2.21 bits per heavy atom. The van der Waals surface area contributed by atoms with Gasteiger partial charge < -0.3 is 11.1 Å². The maximum atomic E-state index is 5.79. The molecule has 0 aliphatic heterocycles. The van der Waals surface area contributed by atoms with Crippen molar-refractivity contribution in [2.24, 2.45) is 23.5 Å². The van der Waals surface area contributed by atoms with Crippen LogP contribution >= 0.6 is 28.1 Å². The molecule has 2 saturated carbocycles. The van der Waals surface area contributed by atoms with Crippen molar-refractivity contribution in [2.75, 3.05) is 11.9 Å². The van der Waals surface area contributed by atoms with Gasteiger partial charge in [0, 0.05) is 22.3 Å². The number of nitrogens with two attached hydrogens (primary N) is 1. The molecule has 0 radical (unpaired) electrons. The third-order valence-corrected chi connectivity index (χ3v) is 5.40. The largest absolute Gasteiger partial charge is 0.389 e. The van der Waals surface area contributed by atoms with Crippen LogP contribution in [-0.2, 0) is 0 Å². The molecule has 4 heteroatoms. The molecule has 1 aromatic carbocycles. The fourth-order valence-electron chi connectivity index (χ4n) is 3.75. The van der Waals surface area contributed by atoms with E-state index < -0.39 is 0 Å². The lowest BCUT2D eigenvalue weighted by Crippen LogP contribution is -2.21. The Hall–Kier alpha value is -0.610. The highest BCUT2D eigenvalue weighted by Crippen LogP contribution is 2.48. The normalized spacial score (nSPS) is 28.6. The molecule has 19 heavy (non-hydrogen) atoms. The molecule has 1 aromatic rings. The Balaban J connectivity index is 1.69. The Bertz CT molecular complexity index is 503. The lowest BCUT2D eigenvalue weighted by Gasteiger charge is -2.23. The van der Waals surface area contributed by atoms with Gasteiger partial charge in [-0.3, -0.25) is 0 Å². The van der Waals surface area contributed by atoms with Crippen LogP contribution in [0, 0.1) is 17.8 Å². The van der Waals surface area contributed by atoms with E-state index in [1.807, 2.05) is 12.1 Å². The minimum atomic E-state index is 0.461. The zero-order valence-electron chi connectivity index (χ0n) is 10.9. The summed E-state index contributed by atoms with van der Waals surface area (Å²) in [6.07, 6.45) is 5.73. The van der Waals surface area contributed by atoms with Crippen LogP contribution in [0.1, 0.15) is 31.2 Å². The number of fused-ring (bicyclic) bond motifs is 2. The van der Waals surface area contributed by atoms with Crippen molar-refractivity contribution in [3.05, 3.63) is 28.2 Å². The quantitative estimate of drug-likeness (QED) is 0.817. The number of nitrogens with one attached hydrogen (secondary N) is 1. The number of benzene rings is 1. The number of halogens is 1. The second kappa shape index (κ2) is 5.41. The summed E-state index contributed by atoms with van der Waals surface area (Å²) in [6, 6.07) is 6.04. The lowest BCUT2D eigenvalue weighted by atomic mass is 9.89. The van der Waals surface area contributed by atoms with Crippen LogP contribution in [0.2, 0.25) is 0 Å². The van der Waals surface area contributed by atoms with Gasteiger partial charge in [0.1, 0.15) is 4.99 Å². The predicted octanol–water partition coefficient (Wildman–Crippen LogP) is 3.93. The molecule has 3 atom stereocenters. The Morgan fingerprint density at radius 1 is 1.37 bits per heavy atom. The van der Waals surface area contributed by atoms with E-state index in [1.54, 1.807) is 0 Å². The van der Waals surface area contributed by atoms with Crippen molar-refractivity contribution in [2.45, 2.75) is 25.7 Å². The van der Waals surface area contributed by atoms with Crippen molar-refractivity contribution in [1.29, 1.82) is 0 Å². The molecule has 2 nitrogen and oxygen atoms in total. The molecule has 3 unspecified atom stereocenters. The molecular formula is C15H19BrN2S. The van der Waals surface area contributed by atoms with Crippen molar-refractivity contribution in [3.63, 3.8) is 0 Å². The molecule has 0 heterocycles. The summed E-state index contributed by atoms with van der Waals surface area (Å²) < 4.78 is 1.06. The average molecular weight is 339 g/mol. The first kappa shape index (κ1) is 13.4. The van der Waals surface area contributed by atoms with Crippen molar-refractivity contribution >= 4 is 38.8 Å². The summed E-state index contributed by atoms with van der Waals surface area (Å²) >= 11 is 8.62. The molecule has 0 amide bonds. The van der Waals surface area contributed by atoms with Gasteiger partial charge in [0.2, 0.25) is 0 Å². The first-order valence-electron chi connectivity index (χ1n) is 6.96. The summed E-state index contributed by atoms with van der Waals surface area (Å²) in [4.78, 5) is 0.461.